The third kappa shape index (κ3) is 1.76. The highest BCUT2D eigenvalue weighted by molar-refractivity contribution is 5.97. The Bertz CT molecular complexity index is 613. The van der Waals surface area contributed by atoms with Crippen LogP contribution in [0.4, 0.5) is 0 Å². The van der Waals surface area contributed by atoms with Gasteiger partial charge in [0.2, 0.25) is 0 Å². The van der Waals surface area contributed by atoms with Crippen molar-refractivity contribution in [2.75, 3.05) is 0 Å². The van der Waals surface area contributed by atoms with Crippen LogP contribution in [-0.2, 0) is 13.5 Å². The maximum absolute atomic E-state index is 12.2. The van der Waals surface area contributed by atoms with Gasteiger partial charge in [0.05, 0.1) is 11.3 Å². The highest BCUT2D eigenvalue weighted by Gasteiger charge is 2.28. The molecule has 0 amide bonds. The standard InChI is InChI=1S/C15H16N2O/c1-10-14(9-17(2)16-10)15(18)8-12-7-11-5-3-4-6-13(11)12/h3-6,9,12H,7-8H2,1-2H3. The number of aromatic nitrogens is 2. The van der Waals surface area contributed by atoms with Crippen LogP contribution in [0, 0.1) is 6.92 Å². The van der Waals surface area contributed by atoms with Gasteiger partial charge in [-0.05, 0) is 30.4 Å². The number of hydrogen-bond donors (Lipinski definition) is 0. The fourth-order valence-electron chi connectivity index (χ4n) is 2.75. The van der Waals surface area contributed by atoms with Crippen LogP contribution in [0.2, 0.25) is 0 Å². The van der Waals surface area contributed by atoms with E-state index in [4.69, 9.17) is 0 Å². The molecule has 0 radical (unpaired) electrons. The Hall–Kier alpha value is -1.90. The summed E-state index contributed by atoms with van der Waals surface area (Å²) < 4.78 is 1.71. The van der Waals surface area contributed by atoms with E-state index in [-0.39, 0.29) is 5.78 Å². The van der Waals surface area contributed by atoms with Crippen LogP contribution in [0.15, 0.2) is 30.5 Å². The molecule has 1 atom stereocenters. The van der Waals surface area contributed by atoms with Gasteiger partial charge in [-0.15, -0.1) is 0 Å². The molecule has 0 bridgehead atoms. The van der Waals surface area contributed by atoms with Crippen molar-refractivity contribution in [1.29, 1.82) is 0 Å². The first-order chi connectivity index (χ1) is 8.65. The predicted molar refractivity (Wildman–Crippen MR) is 69.8 cm³/mol. The van der Waals surface area contributed by atoms with E-state index in [1.165, 1.54) is 11.1 Å². The molecule has 2 aromatic rings. The third-order valence-electron chi connectivity index (χ3n) is 3.71. The van der Waals surface area contributed by atoms with Gasteiger partial charge in [0.15, 0.2) is 5.78 Å². The van der Waals surface area contributed by atoms with Gasteiger partial charge in [-0.3, -0.25) is 9.48 Å². The van der Waals surface area contributed by atoms with Crippen molar-refractivity contribution in [3.8, 4) is 0 Å². The lowest BCUT2D eigenvalue weighted by Gasteiger charge is -2.29. The highest BCUT2D eigenvalue weighted by Crippen LogP contribution is 2.37. The summed E-state index contributed by atoms with van der Waals surface area (Å²) in [5, 5.41) is 4.22. The molecule has 1 aliphatic carbocycles. The van der Waals surface area contributed by atoms with E-state index in [0.29, 0.717) is 12.3 Å². The van der Waals surface area contributed by atoms with E-state index in [1.54, 1.807) is 4.68 Å². The monoisotopic (exact) mass is 240 g/mol. The lowest BCUT2D eigenvalue weighted by atomic mass is 9.74. The van der Waals surface area contributed by atoms with Crippen molar-refractivity contribution in [2.24, 2.45) is 7.05 Å². The summed E-state index contributed by atoms with van der Waals surface area (Å²) >= 11 is 0. The number of carbonyl (C=O) groups excluding carboxylic acids is 1. The van der Waals surface area contributed by atoms with Crippen LogP contribution in [0.25, 0.3) is 0 Å². The molecule has 0 fully saturated rings. The Balaban J connectivity index is 1.76. The van der Waals surface area contributed by atoms with Crippen molar-refractivity contribution in [3.63, 3.8) is 0 Å². The fraction of sp³-hybridized carbons (Fsp3) is 0.333. The SMILES string of the molecule is Cc1nn(C)cc1C(=O)CC1Cc2ccccc21. The maximum Gasteiger partial charge on any atom is 0.166 e. The second-order valence-corrected chi connectivity index (χ2v) is 5.03. The summed E-state index contributed by atoms with van der Waals surface area (Å²) in [5.74, 6) is 0.605. The predicted octanol–water partition coefficient (Wildman–Crippen LogP) is 2.64. The van der Waals surface area contributed by atoms with E-state index in [2.05, 4.69) is 23.3 Å². The molecule has 3 rings (SSSR count). The summed E-state index contributed by atoms with van der Waals surface area (Å²) in [6.07, 6.45) is 3.45. The fourth-order valence-corrected chi connectivity index (χ4v) is 2.75. The van der Waals surface area contributed by atoms with E-state index in [0.717, 1.165) is 17.7 Å². The molecule has 0 saturated heterocycles. The first-order valence-electron chi connectivity index (χ1n) is 6.26. The molecule has 0 aliphatic heterocycles. The minimum absolute atomic E-state index is 0.208. The Morgan fingerprint density at radius 3 is 2.89 bits per heavy atom. The average Bonchev–Trinajstić information content (AvgIpc) is 2.65. The molecular weight excluding hydrogens is 224 g/mol. The largest absolute Gasteiger partial charge is 0.294 e. The van der Waals surface area contributed by atoms with Crippen LogP contribution in [0.1, 0.15) is 39.5 Å². The zero-order valence-corrected chi connectivity index (χ0v) is 10.7. The molecule has 0 saturated carbocycles. The van der Waals surface area contributed by atoms with Crippen LogP contribution in [-0.4, -0.2) is 15.6 Å². The van der Waals surface area contributed by atoms with Crippen LogP contribution in [0.3, 0.4) is 0 Å². The zero-order chi connectivity index (χ0) is 12.7. The third-order valence-corrected chi connectivity index (χ3v) is 3.71. The van der Waals surface area contributed by atoms with Gasteiger partial charge in [-0.25, -0.2) is 0 Å². The Labute approximate surface area is 106 Å². The van der Waals surface area contributed by atoms with Crippen molar-refractivity contribution in [2.45, 2.75) is 25.7 Å². The maximum atomic E-state index is 12.2. The van der Waals surface area contributed by atoms with Crippen LogP contribution >= 0.6 is 0 Å². The molecule has 1 aromatic heterocycles. The van der Waals surface area contributed by atoms with Gasteiger partial charge in [0.1, 0.15) is 0 Å². The van der Waals surface area contributed by atoms with Crippen LogP contribution < -0.4 is 0 Å². The summed E-state index contributed by atoms with van der Waals surface area (Å²) in [6.45, 7) is 1.89. The number of carbonyl (C=O) groups is 1. The normalized spacial score (nSPS) is 17.1. The van der Waals surface area contributed by atoms with Gasteiger partial charge in [-0.1, -0.05) is 24.3 Å². The summed E-state index contributed by atoms with van der Waals surface area (Å²) in [4.78, 5) is 12.2. The Morgan fingerprint density at radius 1 is 1.44 bits per heavy atom. The summed E-state index contributed by atoms with van der Waals surface area (Å²) in [5.41, 5.74) is 4.32. The highest BCUT2D eigenvalue weighted by atomic mass is 16.1. The number of hydrogen-bond acceptors (Lipinski definition) is 2. The number of aryl methyl sites for hydroxylation is 2. The quantitative estimate of drug-likeness (QED) is 0.773. The Kier molecular flexibility index (Phi) is 2.54. The second kappa shape index (κ2) is 4.09. The van der Waals surface area contributed by atoms with Crippen LogP contribution in [0.5, 0.6) is 0 Å². The van der Waals surface area contributed by atoms with E-state index < -0.39 is 0 Å². The van der Waals surface area contributed by atoms with Gasteiger partial charge in [-0.2, -0.15) is 5.10 Å². The number of fused-ring (bicyclic) bond motifs is 1. The molecule has 0 spiro atoms. The van der Waals surface area contributed by atoms with E-state index >= 15 is 0 Å². The lowest BCUT2D eigenvalue weighted by Crippen LogP contribution is -2.20. The first-order valence-corrected chi connectivity index (χ1v) is 6.26. The molecule has 1 aliphatic rings. The number of rotatable bonds is 3. The number of benzene rings is 1. The number of ketones is 1. The smallest absolute Gasteiger partial charge is 0.166 e. The number of nitrogens with zero attached hydrogens (tertiary/aromatic N) is 2. The minimum Gasteiger partial charge on any atom is -0.294 e. The van der Waals surface area contributed by atoms with E-state index in [1.807, 2.05) is 26.2 Å². The van der Waals surface area contributed by atoms with Gasteiger partial charge in [0, 0.05) is 19.7 Å². The van der Waals surface area contributed by atoms with Crippen molar-refractivity contribution >= 4 is 5.78 Å². The lowest BCUT2D eigenvalue weighted by molar-refractivity contribution is 0.0970. The minimum atomic E-state index is 0.208. The molecule has 3 nitrogen and oxygen atoms in total. The van der Waals surface area contributed by atoms with Crippen molar-refractivity contribution in [1.82, 2.24) is 9.78 Å². The first kappa shape index (κ1) is 11.2. The second-order valence-electron chi connectivity index (χ2n) is 5.03. The van der Waals surface area contributed by atoms with Gasteiger partial charge < -0.3 is 0 Å². The van der Waals surface area contributed by atoms with Crippen molar-refractivity contribution in [3.05, 3.63) is 52.8 Å². The molecule has 1 unspecified atom stereocenters. The molecule has 3 heteroatoms. The average molecular weight is 240 g/mol. The molecule has 1 heterocycles. The van der Waals surface area contributed by atoms with Gasteiger partial charge in [0.25, 0.3) is 0 Å². The molecule has 1 aromatic carbocycles. The molecular formula is C15H16N2O. The molecule has 0 N–H and O–H groups in total. The Morgan fingerprint density at radius 2 is 2.22 bits per heavy atom. The number of Topliss-reactive ketones (excluding diaryl/α,β-unsaturated/α-hetero) is 1. The van der Waals surface area contributed by atoms with E-state index in [9.17, 15) is 4.79 Å². The molecule has 92 valence electrons. The summed E-state index contributed by atoms with van der Waals surface area (Å²) in [7, 11) is 1.85. The zero-order valence-electron chi connectivity index (χ0n) is 10.7. The van der Waals surface area contributed by atoms with Gasteiger partial charge >= 0.3 is 0 Å². The molecule has 18 heavy (non-hydrogen) atoms. The topological polar surface area (TPSA) is 34.9 Å². The van der Waals surface area contributed by atoms with Crippen molar-refractivity contribution < 1.29 is 4.79 Å². The summed E-state index contributed by atoms with van der Waals surface area (Å²) in [6, 6.07) is 8.38.